The summed E-state index contributed by atoms with van der Waals surface area (Å²) in [6, 6.07) is 10.5. The Morgan fingerprint density at radius 3 is 2.74 bits per heavy atom. The number of hydrogen-bond acceptors (Lipinski definition) is 2. The molecule has 2 rings (SSSR count). The van der Waals surface area contributed by atoms with Gasteiger partial charge in [-0.15, -0.1) is 0 Å². The van der Waals surface area contributed by atoms with E-state index in [4.69, 9.17) is 17.3 Å². The number of nitrogen functional groups attached to an aromatic ring is 1. The van der Waals surface area contributed by atoms with Gasteiger partial charge in [0.1, 0.15) is 0 Å². The Kier molecular flexibility index (Phi) is 4.12. The minimum Gasteiger partial charge on any atom is -0.398 e. The molecule has 2 aromatic rings. The average molecular weight is 340 g/mol. The van der Waals surface area contributed by atoms with E-state index in [-0.39, 0.29) is 5.91 Å². The molecule has 19 heavy (non-hydrogen) atoms. The highest BCUT2D eigenvalue weighted by Gasteiger charge is 2.10. The molecule has 5 heteroatoms. The number of carbonyl (C=O) groups is 1. The van der Waals surface area contributed by atoms with E-state index < -0.39 is 0 Å². The Hall–Kier alpha value is -1.52. The molecule has 0 radical (unpaired) electrons. The quantitative estimate of drug-likeness (QED) is 0.804. The summed E-state index contributed by atoms with van der Waals surface area (Å²) >= 11 is 9.27. The standard InChI is InChI=1S/C14H12BrClN2O/c1-8-3-2-4-12(13(8)15)18-14(19)9-5-6-10(16)11(17)7-9/h2-7H,17H2,1H3,(H,18,19). The molecular weight excluding hydrogens is 328 g/mol. The molecule has 0 aliphatic rings. The van der Waals surface area contributed by atoms with Gasteiger partial charge in [0.25, 0.3) is 5.91 Å². The van der Waals surface area contributed by atoms with Gasteiger partial charge in [0.05, 0.1) is 16.4 Å². The van der Waals surface area contributed by atoms with Gasteiger partial charge >= 0.3 is 0 Å². The maximum atomic E-state index is 12.1. The van der Waals surface area contributed by atoms with Crippen molar-refractivity contribution in [2.45, 2.75) is 6.92 Å². The number of aryl methyl sites for hydroxylation is 1. The molecule has 0 aliphatic heterocycles. The highest BCUT2D eigenvalue weighted by Crippen LogP contribution is 2.26. The summed E-state index contributed by atoms with van der Waals surface area (Å²) in [6.45, 7) is 1.96. The van der Waals surface area contributed by atoms with Crippen LogP contribution in [0.3, 0.4) is 0 Å². The van der Waals surface area contributed by atoms with Crippen molar-refractivity contribution in [3.05, 3.63) is 57.0 Å². The van der Waals surface area contributed by atoms with E-state index in [0.717, 1.165) is 15.7 Å². The number of carbonyl (C=O) groups excluding carboxylic acids is 1. The summed E-state index contributed by atoms with van der Waals surface area (Å²) in [7, 11) is 0. The number of hydrogen-bond donors (Lipinski definition) is 2. The van der Waals surface area contributed by atoms with Crippen LogP contribution in [0.2, 0.25) is 5.02 Å². The molecule has 2 aromatic carbocycles. The van der Waals surface area contributed by atoms with E-state index in [2.05, 4.69) is 21.2 Å². The van der Waals surface area contributed by atoms with Crippen LogP contribution < -0.4 is 11.1 Å². The van der Waals surface area contributed by atoms with E-state index in [1.165, 1.54) is 0 Å². The van der Waals surface area contributed by atoms with E-state index in [0.29, 0.717) is 16.3 Å². The highest BCUT2D eigenvalue weighted by molar-refractivity contribution is 9.10. The number of rotatable bonds is 2. The summed E-state index contributed by atoms with van der Waals surface area (Å²) in [5.74, 6) is -0.227. The first-order valence-electron chi connectivity index (χ1n) is 5.60. The van der Waals surface area contributed by atoms with Crippen molar-refractivity contribution in [3.8, 4) is 0 Å². The summed E-state index contributed by atoms with van der Waals surface area (Å²) in [5, 5.41) is 3.27. The van der Waals surface area contributed by atoms with Crippen molar-refractivity contribution >= 4 is 44.8 Å². The molecule has 0 saturated heterocycles. The van der Waals surface area contributed by atoms with Crippen molar-refractivity contribution in [3.63, 3.8) is 0 Å². The summed E-state index contributed by atoms with van der Waals surface area (Å²) in [6.07, 6.45) is 0. The maximum absolute atomic E-state index is 12.1. The van der Waals surface area contributed by atoms with Gasteiger partial charge < -0.3 is 11.1 Å². The van der Waals surface area contributed by atoms with Crippen LogP contribution in [-0.2, 0) is 0 Å². The lowest BCUT2D eigenvalue weighted by molar-refractivity contribution is 0.102. The van der Waals surface area contributed by atoms with Crippen LogP contribution in [0.1, 0.15) is 15.9 Å². The zero-order valence-electron chi connectivity index (χ0n) is 10.2. The van der Waals surface area contributed by atoms with Gasteiger partial charge in [0.2, 0.25) is 0 Å². The fourth-order valence-electron chi connectivity index (χ4n) is 1.62. The molecular formula is C14H12BrClN2O. The maximum Gasteiger partial charge on any atom is 0.255 e. The fraction of sp³-hybridized carbons (Fsp3) is 0.0714. The smallest absolute Gasteiger partial charge is 0.255 e. The predicted molar refractivity (Wildman–Crippen MR) is 82.7 cm³/mol. The average Bonchev–Trinajstić information content (AvgIpc) is 2.38. The minimum absolute atomic E-state index is 0.227. The van der Waals surface area contributed by atoms with Gasteiger partial charge in [-0.1, -0.05) is 23.7 Å². The Bertz CT molecular complexity index is 643. The SMILES string of the molecule is Cc1cccc(NC(=O)c2ccc(Cl)c(N)c2)c1Br. The van der Waals surface area contributed by atoms with Crippen LogP contribution in [0.4, 0.5) is 11.4 Å². The van der Waals surface area contributed by atoms with Gasteiger partial charge in [0.15, 0.2) is 0 Å². The lowest BCUT2D eigenvalue weighted by Gasteiger charge is -2.09. The largest absolute Gasteiger partial charge is 0.398 e. The Balaban J connectivity index is 2.26. The Morgan fingerprint density at radius 2 is 2.05 bits per heavy atom. The Labute approximate surface area is 124 Å². The van der Waals surface area contributed by atoms with Gasteiger partial charge in [0, 0.05) is 10.0 Å². The van der Waals surface area contributed by atoms with Crippen molar-refractivity contribution in [2.75, 3.05) is 11.1 Å². The third-order valence-electron chi connectivity index (χ3n) is 2.70. The predicted octanol–water partition coefficient (Wildman–Crippen LogP) is 4.25. The van der Waals surface area contributed by atoms with Gasteiger partial charge in [-0.2, -0.15) is 0 Å². The van der Waals surface area contributed by atoms with Crippen LogP contribution in [0, 0.1) is 6.92 Å². The molecule has 0 saturated carbocycles. The second-order valence-electron chi connectivity index (χ2n) is 4.13. The van der Waals surface area contributed by atoms with E-state index in [9.17, 15) is 4.79 Å². The minimum atomic E-state index is -0.227. The summed E-state index contributed by atoms with van der Waals surface area (Å²) in [5.41, 5.74) is 8.31. The third kappa shape index (κ3) is 3.08. The van der Waals surface area contributed by atoms with Gasteiger partial charge in [-0.3, -0.25) is 4.79 Å². The molecule has 0 unspecified atom stereocenters. The van der Waals surface area contributed by atoms with Crippen molar-refractivity contribution in [2.24, 2.45) is 0 Å². The molecule has 98 valence electrons. The van der Waals surface area contributed by atoms with Crippen LogP contribution in [0.25, 0.3) is 0 Å². The molecule has 0 heterocycles. The van der Waals surface area contributed by atoms with Crippen LogP contribution >= 0.6 is 27.5 Å². The lowest BCUT2D eigenvalue weighted by Crippen LogP contribution is -2.12. The van der Waals surface area contributed by atoms with E-state index >= 15 is 0 Å². The van der Waals surface area contributed by atoms with E-state index in [1.54, 1.807) is 18.2 Å². The Morgan fingerprint density at radius 1 is 1.32 bits per heavy atom. The number of benzene rings is 2. The molecule has 3 N–H and O–H groups in total. The zero-order valence-corrected chi connectivity index (χ0v) is 12.5. The van der Waals surface area contributed by atoms with Crippen LogP contribution in [0.5, 0.6) is 0 Å². The molecule has 0 aliphatic carbocycles. The number of nitrogens with two attached hydrogens (primary N) is 1. The molecule has 1 amide bonds. The van der Waals surface area contributed by atoms with Gasteiger partial charge in [-0.05, 0) is 52.7 Å². The number of nitrogens with one attached hydrogen (secondary N) is 1. The highest BCUT2D eigenvalue weighted by atomic mass is 79.9. The zero-order chi connectivity index (χ0) is 14.0. The van der Waals surface area contributed by atoms with Gasteiger partial charge in [-0.25, -0.2) is 0 Å². The monoisotopic (exact) mass is 338 g/mol. The summed E-state index contributed by atoms with van der Waals surface area (Å²) in [4.78, 5) is 12.1. The van der Waals surface area contributed by atoms with Crippen molar-refractivity contribution in [1.82, 2.24) is 0 Å². The second-order valence-corrected chi connectivity index (χ2v) is 5.33. The topological polar surface area (TPSA) is 55.1 Å². The second kappa shape index (κ2) is 5.63. The number of amides is 1. The molecule has 3 nitrogen and oxygen atoms in total. The first-order valence-corrected chi connectivity index (χ1v) is 6.77. The van der Waals surface area contributed by atoms with Crippen LogP contribution in [0.15, 0.2) is 40.9 Å². The first kappa shape index (κ1) is 13.9. The molecule has 0 fully saturated rings. The van der Waals surface area contributed by atoms with Crippen LogP contribution in [-0.4, -0.2) is 5.91 Å². The lowest BCUT2D eigenvalue weighted by atomic mass is 10.1. The van der Waals surface area contributed by atoms with Crippen molar-refractivity contribution < 1.29 is 4.79 Å². The third-order valence-corrected chi connectivity index (χ3v) is 4.09. The molecule has 0 bridgehead atoms. The molecule has 0 aromatic heterocycles. The summed E-state index contributed by atoms with van der Waals surface area (Å²) < 4.78 is 0.866. The normalized spacial score (nSPS) is 10.3. The number of anilines is 2. The first-order chi connectivity index (χ1) is 8.99. The van der Waals surface area contributed by atoms with E-state index in [1.807, 2.05) is 25.1 Å². The molecule has 0 atom stereocenters. The van der Waals surface area contributed by atoms with Crippen molar-refractivity contribution in [1.29, 1.82) is 0 Å². The fourth-order valence-corrected chi connectivity index (χ4v) is 2.10. The molecule has 0 spiro atoms. The number of halogens is 2.